The van der Waals surface area contributed by atoms with Gasteiger partial charge in [-0.15, -0.1) is 0 Å². The van der Waals surface area contributed by atoms with E-state index in [2.05, 4.69) is 10.2 Å². The minimum Gasteiger partial charge on any atom is -0.313 e. The Hall–Kier alpha value is -0.220. The van der Waals surface area contributed by atoms with Gasteiger partial charge in [0.1, 0.15) is 0 Å². The molecule has 2 nitrogen and oxygen atoms in total. The number of halogens is 2. The van der Waals surface area contributed by atoms with Gasteiger partial charge in [0.2, 0.25) is 5.92 Å². The lowest BCUT2D eigenvalue weighted by Gasteiger charge is -2.29. The first-order chi connectivity index (χ1) is 7.66. The number of hydrogen-bond donors (Lipinski definition) is 1. The van der Waals surface area contributed by atoms with E-state index in [1.54, 1.807) is 0 Å². The lowest BCUT2D eigenvalue weighted by molar-refractivity contribution is -0.0132. The van der Waals surface area contributed by atoms with Crippen LogP contribution in [0.3, 0.4) is 0 Å². The Kier molecular flexibility index (Phi) is 4.14. The molecule has 2 aliphatic rings. The van der Waals surface area contributed by atoms with Crippen LogP contribution < -0.4 is 5.32 Å². The molecule has 2 rings (SSSR count). The summed E-state index contributed by atoms with van der Waals surface area (Å²) in [5.74, 6) is -2.42. The fraction of sp³-hybridized carbons (Fsp3) is 1.00. The van der Waals surface area contributed by atoms with Crippen LogP contribution in [0, 0.1) is 0 Å². The molecule has 16 heavy (non-hydrogen) atoms. The second-order valence-electron chi connectivity index (χ2n) is 5.16. The monoisotopic (exact) mass is 232 g/mol. The third-order valence-electron chi connectivity index (χ3n) is 3.70. The highest BCUT2D eigenvalue weighted by Crippen LogP contribution is 2.27. The fourth-order valence-electron chi connectivity index (χ4n) is 2.69. The summed E-state index contributed by atoms with van der Waals surface area (Å²) in [5.41, 5.74) is 0. The zero-order valence-corrected chi connectivity index (χ0v) is 9.85. The maximum absolute atomic E-state index is 13.2. The molecule has 1 unspecified atom stereocenters. The summed E-state index contributed by atoms with van der Waals surface area (Å²) < 4.78 is 26.3. The van der Waals surface area contributed by atoms with Crippen LogP contribution in [0.25, 0.3) is 0 Å². The molecule has 0 amide bonds. The first kappa shape index (κ1) is 12.2. The molecule has 0 aliphatic carbocycles. The van der Waals surface area contributed by atoms with Gasteiger partial charge in [0.15, 0.2) is 0 Å². The van der Waals surface area contributed by atoms with E-state index in [0.717, 1.165) is 19.6 Å². The number of nitrogens with zero attached hydrogens (tertiary/aromatic N) is 1. The standard InChI is InChI=1S/C12H22F2N2/c13-12(14)5-3-8-16(9-6-12)10-11-4-1-2-7-15-11/h11,15H,1-10H2. The number of hydrogen-bond acceptors (Lipinski definition) is 2. The van der Waals surface area contributed by atoms with Gasteiger partial charge in [-0.25, -0.2) is 8.78 Å². The van der Waals surface area contributed by atoms with Crippen molar-refractivity contribution in [3.8, 4) is 0 Å². The molecule has 1 N–H and O–H groups in total. The van der Waals surface area contributed by atoms with Crippen LogP contribution in [-0.4, -0.2) is 43.0 Å². The lowest BCUT2D eigenvalue weighted by Crippen LogP contribution is -2.44. The predicted molar refractivity (Wildman–Crippen MR) is 60.9 cm³/mol. The topological polar surface area (TPSA) is 15.3 Å². The van der Waals surface area contributed by atoms with Gasteiger partial charge in [-0.05, 0) is 32.4 Å². The minimum absolute atomic E-state index is 0.0414. The van der Waals surface area contributed by atoms with Crippen molar-refractivity contribution in [3.63, 3.8) is 0 Å². The minimum atomic E-state index is -2.42. The molecular weight excluding hydrogens is 210 g/mol. The van der Waals surface area contributed by atoms with Crippen molar-refractivity contribution in [1.82, 2.24) is 10.2 Å². The van der Waals surface area contributed by atoms with Crippen LogP contribution in [0.5, 0.6) is 0 Å². The van der Waals surface area contributed by atoms with Gasteiger partial charge in [-0.1, -0.05) is 6.42 Å². The highest BCUT2D eigenvalue weighted by atomic mass is 19.3. The van der Waals surface area contributed by atoms with E-state index >= 15 is 0 Å². The van der Waals surface area contributed by atoms with Crippen LogP contribution in [-0.2, 0) is 0 Å². The average molecular weight is 232 g/mol. The van der Waals surface area contributed by atoms with Crippen molar-refractivity contribution in [2.45, 2.75) is 50.5 Å². The number of alkyl halides is 2. The largest absolute Gasteiger partial charge is 0.313 e. The van der Waals surface area contributed by atoms with Gasteiger partial charge >= 0.3 is 0 Å². The van der Waals surface area contributed by atoms with E-state index in [9.17, 15) is 8.78 Å². The molecule has 0 aromatic rings. The van der Waals surface area contributed by atoms with Crippen molar-refractivity contribution in [2.24, 2.45) is 0 Å². The number of nitrogens with one attached hydrogen (secondary N) is 1. The zero-order valence-electron chi connectivity index (χ0n) is 9.85. The SMILES string of the molecule is FC1(F)CCCN(CC2CCCCN2)CC1. The fourth-order valence-corrected chi connectivity index (χ4v) is 2.69. The molecule has 0 saturated carbocycles. The van der Waals surface area contributed by atoms with E-state index in [1.807, 2.05) is 0 Å². The summed E-state index contributed by atoms with van der Waals surface area (Å²) in [5, 5.41) is 3.48. The molecule has 4 heteroatoms. The maximum Gasteiger partial charge on any atom is 0.249 e. The Labute approximate surface area is 96.4 Å². The highest BCUT2D eigenvalue weighted by Gasteiger charge is 2.32. The molecule has 0 aromatic heterocycles. The van der Waals surface area contributed by atoms with Crippen molar-refractivity contribution < 1.29 is 8.78 Å². The van der Waals surface area contributed by atoms with Crippen molar-refractivity contribution in [1.29, 1.82) is 0 Å². The van der Waals surface area contributed by atoms with Crippen LogP contribution in [0.1, 0.15) is 38.5 Å². The van der Waals surface area contributed by atoms with E-state index in [4.69, 9.17) is 0 Å². The Bertz CT molecular complexity index is 215. The molecule has 0 spiro atoms. The first-order valence-corrected chi connectivity index (χ1v) is 6.49. The number of rotatable bonds is 2. The second kappa shape index (κ2) is 5.41. The van der Waals surface area contributed by atoms with Gasteiger partial charge < -0.3 is 10.2 Å². The molecule has 0 radical (unpaired) electrons. The van der Waals surface area contributed by atoms with Crippen LogP contribution in [0.2, 0.25) is 0 Å². The molecule has 1 atom stereocenters. The van der Waals surface area contributed by atoms with Crippen LogP contribution >= 0.6 is 0 Å². The molecule has 2 fully saturated rings. The molecule has 2 saturated heterocycles. The van der Waals surface area contributed by atoms with E-state index in [1.165, 1.54) is 19.3 Å². The molecule has 0 aromatic carbocycles. The highest BCUT2D eigenvalue weighted by molar-refractivity contribution is 4.80. The first-order valence-electron chi connectivity index (χ1n) is 6.49. The molecule has 2 heterocycles. The summed E-state index contributed by atoms with van der Waals surface area (Å²) in [6.45, 7) is 3.45. The quantitative estimate of drug-likeness (QED) is 0.785. The van der Waals surface area contributed by atoms with Crippen LogP contribution in [0.4, 0.5) is 8.78 Å². The molecule has 94 valence electrons. The van der Waals surface area contributed by atoms with Crippen molar-refractivity contribution in [2.75, 3.05) is 26.2 Å². The van der Waals surface area contributed by atoms with Crippen LogP contribution in [0.15, 0.2) is 0 Å². The third kappa shape index (κ3) is 3.67. The maximum atomic E-state index is 13.2. The Morgan fingerprint density at radius 2 is 2.00 bits per heavy atom. The van der Waals surface area contributed by atoms with E-state index in [0.29, 0.717) is 19.0 Å². The molecule has 2 aliphatic heterocycles. The number of likely N-dealkylation sites (tertiary alicyclic amines) is 1. The second-order valence-corrected chi connectivity index (χ2v) is 5.16. The normalized spacial score (nSPS) is 32.2. The van der Waals surface area contributed by atoms with Gasteiger partial charge in [-0.3, -0.25) is 0 Å². The Morgan fingerprint density at radius 3 is 2.75 bits per heavy atom. The van der Waals surface area contributed by atoms with Gasteiger partial charge in [-0.2, -0.15) is 0 Å². The Balaban J connectivity index is 1.76. The van der Waals surface area contributed by atoms with E-state index in [-0.39, 0.29) is 12.8 Å². The van der Waals surface area contributed by atoms with Gasteiger partial charge in [0.05, 0.1) is 0 Å². The summed E-state index contributed by atoms with van der Waals surface area (Å²) in [6, 6.07) is 0.528. The molecular formula is C12H22F2N2. The zero-order chi connectivity index (χ0) is 11.4. The smallest absolute Gasteiger partial charge is 0.249 e. The van der Waals surface area contributed by atoms with Gasteiger partial charge in [0.25, 0.3) is 0 Å². The summed E-state index contributed by atoms with van der Waals surface area (Å²) >= 11 is 0. The lowest BCUT2D eigenvalue weighted by atomic mass is 10.0. The predicted octanol–water partition coefficient (Wildman–Crippen LogP) is 2.25. The Morgan fingerprint density at radius 1 is 1.12 bits per heavy atom. The summed E-state index contributed by atoms with van der Waals surface area (Å²) in [4.78, 5) is 2.21. The number of piperidine rings is 1. The summed E-state index contributed by atoms with van der Waals surface area (Å²) in [7, 11) is 0. The average Bonchev–Trinajstić information content (AvgIpc) is 2.42. The van der Waals surface area contributed by atoms with Crippen molar-refractivity contribution in [3.05, 3.63) is 0 Å². The van der Waals surface area contributed by atoms with Gasteiger partial charge in [0, 0.05) is 32.0 Å². The van der Waals surface area contributed by atoms with Crippen molar-refractivity contribution >= 4 is 0 Å². The molecule has 0 bridgehead atoms. The summed E-state index contributed by atoms with van der Waals surface area (Å²) in [6.07, 6.45) is 4.49. The third-order valence-corrected chi connectivity index (χ3v) is 3.70. The van der Waals surface area contributed by atoms with E-state index < -0.39 is 5.92 Å².